The number of hydrogen-bond acceptors (Lipinski definition) is 9. The lowest BCUT2D eigenvalue weighted by molar-refractivity contribution is -0.386. The fourth-order valence-corrected chi connectivity index (χ4v) is 3.77. The molecule has 2 heterocycles. The largest absolute Gasteiger partial charge is 0.493 e. The van der Waals surface area contributed by atoms with Crippen molar-refractivity contribution in [2.45, 2.75) is 20.0 Å². The minimum absolute atomic E-state index is 0.105. The van der Waals surface area contributed by atoms with Gasteiger partial charge in [-0.15, -0.1) is 22.7 Å². The highest BCUT2D eigenvalue weighted by Gasteiger charge is 2.23. The van der Waals surface area contributed by atoms with E-state index >= 15 is 0 Å². The summed E-state index contributed by atoms with van der Waals surface area (Å²) in [4.78, 5) is 16.5. The molecule has 8 nitrogen and oxygen atoms in total. The van der Waals surface area contributed by atoms with Crippen LogP contribution in [0.2, 0.25) is 0 Å². The Labute approximate surface area is 169 Å². The van der Waals surface area contributed by atoms with E-state index in [-0.39, 0.29) is 23.3 Å². The Bertz CT molecular complexity index is 984. The molecule has 28 heavy (non-hydrogen) atoms. The number of hydrogen-bond donors (Lipinski definition) is 1. The van der Waals surface area contributed by atoms with E-state index in [9.17, 15) is 10.1 Å². The van der Waals surface area contributed by atoms with Gasteiger partial charge in [0.2, 0.25) is 10.9 Å². The van der Waals surface area contributed by atoms with Crippen molar-refractivity contribution in [2.75, 3.05) is 12.5 Å². The Kier molecular flexibility index (Phi) is 6.22. The maximum atomic E-state index is 11.4. The molecule has 0 amide bonds. The monoisotopic (exact) mass is 418 g/mol. The maximum Gasteiger partial charge on any atom is 0.315 e. The number of ether oxygens (including phenoxy) is 2. The molecule has 146 valence electrons. The zero-order valence-electron chi connectivity index (χ0n) is 15.4. The SMILES string of the molecule is COc1cc(/C=N\Nc2nc(-c3cccs3)cs2)cc([N+](=O)[O-])c1OC(C)C. The third-order valence-electron chi connectivity index (χ3n) is 3.48. The molecule has 0 aliphatic carbocycles. The van der Waals surface area contributed by atoms with E-state index in [1.807, 2.05) is 22.9 Å². The second kappa shape index (κ2) is 8.81. The molecule has 0 bridgehead atoms. The lowest BCUT2D eigenvalue weighted by Crippen LogP contribution is -2.09. The Morgan fingerprint density at radius 2 is 2.18 bits per heavy atom. The number of nitrogens with zero attached hydrogens (tertiary/aromatic N) is 3. The predicted molar refractivity (Wildman–Crippen MR) is 112 cm³/mol. The summed E-state index contributed by atoms with van der Waals surface area (Å²) < 4.78 is 10.8. The van der Waals surface area contributed by atoms with Crippen LogP contribution in [0.4, 0.5) is 10.8 Å². The van der Waals surface area contributed by atoms with Gasteiger partial charge in [-0.1, -0.05) is 6.07 Å². The number of nitro groups is 1. The minimum Gasteiger partial charge on any atom is -0.493 e. The lowest BCUT2D eigenvalue weighted by atomic mass is 10.2. The second-order valence-electron chi connectivity index (χ2n) is 5.88. The van der Waals surface area contributed by atoms with Gasteiger partial charge in [0.05, 0.1) is 34.9 Å². The molecule has 0 spiro atoms. The highest BCUT2D eigenvalue weighted by atomic mass is 32.1. The first-order valence-electron chi connectivity index (χ1n) is 8.29. The molecule has 1 aromatic carbocycles. The molecule has 3 rings (SSSR count). The molecule has 0 unspecified atom stereocenters. The van der Waals surface area contributed by atoms with Crippen LogP contribution in [0.15, 0.2) is 40.1 Å². The van der Waals surface area contributed by atoms with Crippen molar-refractivity contribution < 1.29 is 14.4 Å². The van der Waals surface area contributed by atoms with Gasteiger partial charge in [-0.05, 0) is 31.4 Å². The topological polar surface area (TPSA) is 98.9 Å². The molecule has 0 aliphatic heterocycles. The smallest absolute Gasteiger partial charge is 0.315 e. The van der Waals surface area contributed by atoms with Crippen molar-refractivity contribution in [1.29, 1.82) is 0 Å². The summed E-state index contributed by atoms with van der Waals surface area (Å²) in [5, 5.41) is 20.1. The summed E-state index contributed by atoms with van der Waals surface area (Å²) in [6.45, 7) is 3.59. The van der Waals surface area contributed by atoms with Gasteiger partial charge in [0.1, 0.15) is 0 Å². The first-order chi connectivity index (χ1) is 13.5. The number of aromatic nitrogens is 1. The quantitative estimate of drug-likeness (QED) is 0.313. The zero-order chi connectivity index (χ0) is 20.1. The van der Waals surface area contributed by atoms with Crippen LogP contribution in [-0.4, -0.2) is 29.3 Å². The van der Waals surface area contributed by atoms with Crippen molar-refractivity contribution in [2.24, 2.45) is 5.10 Å². The highest BCUT2D eigenvalue weighted by molar-refractivity contribution is 7.15. The van der Waals surface area contributed by atoms with Crippen LogP contribution in [0.25, 0.3) is 10.6 Å². The fourth-order valence-electron chi connectivity index (χ4n) is 2.35. The van der Waals surface area contributed by atoms with Crippen LogP contribution in [0, 0.1) is 10.1 Å². The first kappa shape index (κ1) is 19.8. The van der Waals surface area contributed by atoms with E-state index in [1.165, 1.54) is 30.7 Å². The average molecular weight is 419 g/mol. The first-order valence-corrected chi connectivity index (χ1v) is 10.1. The Hall–Kier alpha value is -2.98. The number of thiophene rings is 1. The van der Waals surface area contributed by atoms with Gasteiger partial charge in [0.25, 0.3) is 0 Å². The number of hydrazone groups is 1. The Morgan fingerprint density at radius 3 is 2.82 bits per heavy atom. The molecule has 1 N–H and O–H groups in total. The summed E-state index contributed by atoms with van der Waals surface area (Å²) in [6, 6.07) is 7.00. The van der Waals surface area contributed by atoms with Crippen LogP contribution >= 0.6 is 22.7 Å². The molecule has 0 radical (unpaired) electrons. The van der Waals surface area contributed by atoms with E-state index in [0.717, 1.165) is 10.6 Å². The number of anilines is 1. The summed E-state index contributed by atoms with van der Waals surface area (Å²) >= 11 is 3.04. The van der Waals surface area contributed by atoms with Crippen molar-refractivity contribution in [3.63, 3.8) is 0 Å². The maximum absolute atomic E-state index is 11.4. The van der Waals surface area contributed by atoms with Gasteiger partial charge in [-0.25, -0.2) is 4.98 Å². The number of methoxy groups -OCH3 is 1. The van der Waals surface area contributed by atoms with Gasteiger partial charge in [0.15, 0.2) is 5.75 Å². The van der Waals surface area contributed by atoms with Crippen LogP contribution in [-0.2, 0) is 0 Å². The van der Waals surface area contributed by atoms with Gasteiger partial charge in [-0.3, -0.25) is 15.5 Å². The molecule has 0 fully saturated rings. The van der Waals surface area contributed by atoms with Gasteiger partial charge >= 0.3 is 5.69 Å². The van der Waals surface area contributed by atoms with Crippen molar-refractivity contribution in [3.8, 4) is 22.1 Å². The average Bonchev–Trinajstić information content (AvgIpc) is 3.33. The molecular formula is C18H18N4O4S2. The number of nitrogens with one attached hydrogen (secondary N) is 1. The number of rotatable bonds is 8. The van der Waals surface area contributed by atoms with E-state index < -0.39 is 4.92 Å². The van der Waals surface area contributed by atoms with Crippen LogP contribution in [0.5, 0.6) is 11.5 Å². The summed E-state index contributed by atoms with van der Waals surface area (Å²) in [5.41, 5.74) is 4.05. The number of nitro benzene ring substituents is 1. The molecule has 0 saturated heterocycles. The lowest BCUT2D eigenvalue weighted by Gasteiger charge is -2.14. The fraction of sp³-hybridized carbons (Fsp3) is 0.222. The van der Waals surface area contributed by atoms with Gasteiger partial charge in [0, 0.05) is 17.0 Å². The predicted octanol–water partition coefficient (Wildman–Crippen LogP) is 5.02. The third kappa shape index (κ3) is 4.65. The molecule has 3 aromatic rings. The van der Waals surface area contributed by atoms with E-state index in [4.69, 9.17) is 9.47 Å². The van der Waals surface area contributed by atoms with Gasteiger partial charge < -0.3 is 9.47 Å². The van der Waals surface area contributed by atoms with E-state index in [0.29, 0.717) is 10.7 Å². The Morgan fingerprint density at radius 1 is 1.36 bits per heavy atom. The standard InChI is InChI=1S/C18H18N4O4S2/c1-11(2)26-17-14(22(23)24)7-12(8-15(17)25-3)9-19-21-18-20-13(10-28-18)16-5-4-6-27-16/h4-11H,1-3H3,(H,20,21)/b19-9-. The van der Waals surface area contributed by atoms with Crippen LogP contribution in [0.3, 0.4) is 0 Å². The molecule has 0 aliphatic rings. The van der Waals surface area contributed by atoms with E-state index in [1.54, 1.807) is 31.3 Å². The van der Waals surface area contributed by atoms with Crippen LogP contribution in [0.1, 0.15) is 19.4 Å². The highest BCUT2D eigenvalue weighted by Crippen LogP contribution is 2.38. The van der Waals surface area contributed by atoms with Crippen molar-refractivity contribution in [1.82, 2.24) is 4.98 Å². The van der Waals surface area contributed by atoms with Crippen molar-refractivity contribution in [3.05, 3.63) is 50.7 Å². The van der Waals surface area contributed by atoms with Crippen LogP contribution < -0.4 is 14.9 Å². The zero-order valence-corrected chi connectivity index (χ0v) is 17.0. The third-order valence-corrected chi connectivity index (χ3v) is 5.12. The number of benzene rings is 1. The molecule has 10 heteroatoms. The normalized spacial score (nSPS) is 11.1. The number of thiazole rings is 1. The molecule has 2 aromatic heterocycles. The van der Waals surface area contributed by atoms with Gasteiger partial charge in [-0.2, -0.15) is 5.10 Å². The van der Waals surface area contributed by atoms with E-state index in [2.05, 4.69) is 15.5 Å². The molecule has 0 atom stereocenters. The molecule has 0 saturated carbocycles. The second-order valence-corrected chi connectivity index (χ2v) is 7.69. The summed E-state index contributed by atoms with van der Waals surface area (Å²) in [6.07, 6.45) is 1.25. The Balaban J connectivity index is 1.79. The minimum atomic E-state index is -0.501. The van der Waals surface area contributed by atoms with Crippen molar-refractivity contribution >= 4 is 39.7 Å². The molecular weight excluding hydrogens is 400 g/mol. The summed E-state index contributed by atoms with van der Waals surface area (Å²) in [5.74, 6) is 0.381. The summed E-state index contributed by atoms with van der Waals surface area (Å²) in [7, 11) is 1.44.